The van der Waals surface area contributed by atoms with Gasteiger partial charge in [0.2, 0.25) is 0 Å². The predicted octanol–water partition coefficient (Wildman–Crippen LogP) is 3.07. The van der Waals surface area contributed by atoms with Gasteiger partial charge in [-0.15, -0.1) is 0 Å². The van der Waals surface area contributed by atoms with Crippen molar-refractivity contribution in [3.8, 4) is 11.5 Å². The van der Waals surface area contributed by atoms with E-state index in [1.807, 2.05) is 53.4 Å². The van der Waals surface area contributed by atoms with Crippen LogP contribution in [0.4, 0.5) is 0 Å². The molecule has 164 valence electrons. The fraction of sp³-hybridized carbons (Fsp3) is 0.304. The van der Waals surface area contributed by atoms with Gasteiger partial charge in [0.05, 0.1) is 32.9 Å². The molecule has 1 aromatic heterocycles. The van der Waals surface area contributed by atoms with E-state index >= 15 is 0 Å². The van der Waals surface area contributed by atoms with E-state index < -0.39 is 0 Å². The van der Waals surface area contributed by atoms with Crippen molar-refractivity contribution in [2.45, 2.75) is 13.1 Å². The van der Waals surface area contributed by atoms with E-state index in [1.54, 1.807) is 21.3 Å². The number of hydrogen-bond donors (Lipinski definition) is 2. The Hall–Kier alpha value is -3.10. The molecule has 0 saturated heterocycles. The van der Waals surface area contributed by atoms with E-state index in [0.717, 1.165) is 22.2 Å². The van der Waals surface area contributed by atoms with Crippen molar-refractivity contribution in [1.29, 1.82) is 0 Å². The molecule has 0 amide bonds. The zero-order valence-electron chi connectivity index (χ0n) is 17.9. The number of thiocarbonyl (C=S) groups is 1. The summed E-state index contributed by atoms with van der Waals surface area (Å²) in [6, 6.07) is 15.3. The Morgan fingerprint density at radius 1 is 1.00 bits per heavy atom. The van der Waals surface area contributed by atoms with Gasteiger partial charge in [0.25, 0.3) is 5.56 Å². The van der Waals surface area contributed by atoms with Gasteiger partial charge in [0.1, 0.15) is 11.5 Å². The molecule has 0 fully saturated rings. The second kappa shape index (κ2) is 10.8. The first-order valence-corrected chi connectivity index (χ1v) is 10.3. The number of aromatic nitrogens is 1. The van der Waals surface area contributed by atoms with Gasteiger partial charge >= 0.3 is 0 Å². The predicted molar refractivity (Wildman–Crippen MR) is 126 cm³/mol. The Kier molecular flexibility index (Phi) is 7.86. The highest BCUT2D eigenvalue weighted by Crippen LogP contribution is 2.20. The zero-order chi connectivity index (χ0) is 22.2. The fourth-order valence-electron chi connectivity index (χ4n) is 3.20. The van der Waals surface area contributed by atoms with Gasteiger partial charge in [-0.05, 0) is 53.5 Å². The van der Waals surface area contributed by atoms with Gasteiger partial charge in [-0.2, -0.15) is 0 Å². The van der Waals surface area contributed by atoms with Crippen molar-refractivity contribution in [3.05, 3.63) is 70.0 Å². The standard InChI is InChI=1S/C23H27N3O4S/c1-28-11-10-24-23(31)26(14-16-4-7-19(29-2)8-5-16)15-18-12-17-6-9-20(30-3)13-21(17)25-22(18)27/h4-9,12-13H,10-11,14-15H2,1-3H3,(H,24,31)(H,25,27). The third kappa shape index (κ3) is 5.96. The number of aromatic amines is 1. The SMILES string of the molecule is COCCNC(=S)N(Cc1ccc(OC)cc1)Cc1cc2ccc(OC)cc2[nH]c1=O. The normalized spacial score (nSPS) is 10.7. The summed E-state index contributed by atoms with van der Waals surface area (Å²) in [4.78, 5) is 17.7. The maximum absolute atomic E-state index is 12.8. The number of nitrogens with one attached hydrogen (secondary N) is 2. The molecule has 0 spiro atoms. The molecule has 31 heavy (non-hydrogen) atoms. The van der Waals surface area contributed by atoms with E-state index in [9.17, 15) is 4.79 Å². The third-order valence-electron chi connectivity index (χ3n) is 4.89. The van der Waals surface area contributed by atoms with E-state index in [0.29, 0.717) is 42.7 Å². The molecule has 0 radical (unpaired) electrons. The van der Waals surface area contributed by atoms with E-state index in [-0.39, 0.29) is 5.56 Å². The first-order valence-electron chi connectivity index (χ1n) is 9.88. The summed E-state index contributed by atoms with van der Waals surface area (Å²) >= 11 is 5.61. The van der Waals surface area contributed by atoms with Crippen LogP contribution in [0.2, 0.25) is 0 Å². The molecule has 2 N–H and O–H groups in total. The van der Waals surface area contributed by atoms with Gasteiger partial charge < -0.3 is 29.4 Å². The average molecular weight is 442 g/mol. The molecule has 0 aliphatic carbocycles. The maximum Gasteiger partial charge on any atom is 0.253 e. The highest BCUT2D eigenvalue weighted by molar-refractivity contribution is 7.80. The number of nitrogens with zero attached hydrogens (tertiary/aromatic N) is 1. The van der Waals surface area contributed by atoms with Crippen molar-refractivity contribution < 1.29 is 14.2 Å². The van der Waals surface area contributed by atoms with Crippen molar-refractivity contribution >= 4 is 28.2 Å². The molecular weight excluding hydrogens is 414 g/mol. The van der Waals surface area contributed by atoms with Gasteiger partial charge in [0, 0.05) is 31.8 Å². The Morgan fingerprint density at radius 3 is 2.39 bits per heavy atom. The first-order chi connectivity index (χ1) is 15.0. The zero-order valence-corrected chi connectivity index (χ0v) is 18.8. The Morgan fingerprint density at radius 2 is 1.71 bits per heavy atom. The molecule has 2 aromatic carbocycles. The minimum Gasteiger partial charge on any atom is -0.497 e. The second-order valence-electron chi connectivity index (χ2n) is 7.01. The second-order valence-corrected chi connectivity index (χ2v) is 7.39. The van der Waals surface area contributed by atoms with Crippen LogP contribution >= 0.6 is 12.2 Å². The van der Waals surface area contributed by atoms with E-state index in [2.05, 4.69) is 10.3 Å². The Bertz CT molecular complexity index is 1080. The van der Waals surface area contributed by atoms with Crippen LogP contribution in [-0.2, 0) is 17.8 Å². The number of H-pyrrole nitrogens is 1. The van der Waals surface area contributed by atoms with Crippen LogP contribution in [0.1, 0.15) is 11.1 Å². The van der Waals surface area contributed by atoms with Crippen molar-refractivity contribution in [2.24, 2.45) is 0 Å². The topological polar surface area (TPSA) is 75.8 Å². The lowest BCUT2D eigenvalue weighted by molar-refractivity contribution is 0.202. The van der Waals surface area contributed by atoms with Crippen LogP contribution in [0.5, 0.6) is 11.5 Å². The summed E-state index contributed by atoms with van der Waals surface area (Å²) in [6.45, 7) is 2.03. The van der Waals surface area contributed by atoms with Gasteiger partial charge in [-0.3, -0.25) is 4.79 Å². The van der Waals surface area contributed by atoms with Crippen LogP contribution in [-0.4, -0.2) is 49.5 Å². The lowest BCUT2D eigenvalue weighted by Gasteiger charge is -2.26. The van der Waals surface area contributed by atoms with Crippen LogP contribution in [0.3, 0.4) is 0 Å². The summed E-state index contributed by atoms with van der Waals surface area (Å²) in [5.41, 5.74) is 2.26. The Balaban J connectivity index is 1.86. The molecule has 3 aromatic rings. The molecule has 0 aliphatic rings. The summed E-state index contributed by atoms with van der Waals surface area (Å²) in [7, 11) is 4.88. The molecule has 7 nitrogen and oxygen atoms in total. The minimum atomic E-state index is -0.153. The number of hydrogen-bond acceptors (Lipinski definition) is 5. The van der Waals surface area contributed by atoms with Crippen LogP contribution in [0.25, 0.3) is 10.9 Å². The molecule has 1 heterocycles. The van der Waals surface area contributed by atoms with Gasteiger partial charge in [-0.25, -0.2) is 0 Å². The molecule has 0 aliphatic heterocycles. The van der Waals surface area contributed by atoms with Gasteiger partial charge in [-0.1, -0.05) is 12.1 Å². The molecular formula is C23H27N3O4S. The number of benzene rings is 2. The molecule has 0 saturated carbocycles. The van der Waals surface area contributed by atoms with Crippen molar-refractivity contribution in [1.82, 2.24) is 15.2 Å². The molecule has 8 heteroatoms. The first kappa shape index (κ1) is 22.6. The number of fused-ring (bicyclic) bond motifs is 1. The molecule has 3 rings (SSSR count). The Labute approximate surface area is 186 Å². The lowest BCUT2D eigenvalue weighted by atomic mass is 10.1. The van der Waals surface area contributed by atoms with Gasteiger partial charge in [0.15, 0.2) is 5.11 Å². The average Bonchev–Trinajstić information content (AvgIpc) is 2.79. The van der Waals surface area contributed by atoms with Crippen LogP contribution < -0.4 is 20.3 Å². The smallest absolute Gasteiger partial charge is 0.253 e. The third-order valence-corrected chi connectivity index (χ3v) is 5.30. The van der Waals surface area contributed by atoms with Crippen LogP contribution in [0, 0.1) is 0 Å². The summed E-state index contributed by atoms with van der Waals surface area (Å²) < 4.78 is 15.6. The van der Waals surface area contributed by atoms with Crippen molar-refractivity contribution in [3.63, 3.8) is 0 Å². The summed E-state index contributed by atoms with van der Waals surface area (Å²) in [5.74, 6) is 1.48. The number of ether oxygens (including phenoxy) is 3. The molecule has 0 bridgehead atoms. The maximum atomic E-state index is 12.8. The number of rotatable bonds is 9. The molecule has 0 atom stereocenters. The van der Waals surface area contributed by atoms with E-state index in [1.165, 1.54) is 0 Å². The quantitative estimate of drug-likeness (QED) is 0.390. The highest BCUT2D eigenvalue weighted by Gasteiger charge is 2.14. The molecule has 0 unspecified atom stereocenters. The lowest BCUT2D eigenvalue weighted by Crippen LogP contribution is -2.41. The summed E-state index contributed by atoms with van der Waals surface area (Å²) in [5, 5.41) is 4.68. The monoisotopic (exact) mass is 441 g/mol. The highest BCUT2D eigenvalue weighted by atomic mass is 32.1. The minimum absolute atomic E-state index is 0.153. The van der Waals surface area contributed by atoms with E-state index in [4.69, 9.17) is 26.4 Å². The van der Waals surface area contributed by atoms with Crippen molar-refractivity contribution in [2.75, 3.05) is 34.5 Å². The fourth-order valence-corrected chi connectivity index (χ4v) is 3.43. The van der Waals surface area contributed by atoms with Crippen LogP contribution in [0.15, 0.2) is 53.3 Å². The largest absolute Gasteiger partial charge is 0.497 e. The summed E-state index contributed by atoms with van der Waals surface area (Å²) in [6.07, 6.45) is 0. The number of pyridine rings is 1. The number of methoxy groups -OCH3 is 3.